The van der Waals surface area contributed by atoms with Crippen LogP contribution in [0.15, 0.2) is 12.2 Å². The Bertz CT molecular complexity index is 249. The van der Waals surface area contributed by atoms with Crippen LogP contribution >= 0.6 is 0 Å². The Morgan fingerprint density at radius 1 is 1.46 bits per heavy atom. The van der Waals surface area contributed by atoms with Gasteiger partial charge in [0.1, 0.15) is 0 Å². The highest BCUT2D eigenvalue weighted by atomic mass is 16.5. The summed E-state index contributed by atoms with van der Waals surface area (Å²) in [5.74, 6) is 0.884. The van der Waals surface area contributed by atoms with Crippen molar-refractivity contribution in [2.45, 2.75) is 12.5 Å². The minimum atomic E-state index is -0.0730. The summed E-state index contributed by atoms with van der Waals surface area (Å²) in [6, 6.07) is 0.280. The second-order valence-corrected chi connectivity index (χ2v) is 3.81. The van der Waals surface area contributed by atoms with Crippen molar-refractivity contribution in [2.24, 2.45) is 17.8 Å². The standard InChI is InChI=1S/C10H15NO2/c1-11-9-7-4-3-6(5-7)8(9)10(12)13-2/h3-4,6-9,11H,5H2,1-2H3/t6?,7-,8+,9-/m0/s1. The largest absolute Gasteiger partial charge is 0.469 e. The molecule has 3 heteroatoms. The summed E-state index contributed by atoms with van der Waals surface area (Å²) in [5.41, 5.74) is 0. The number of methoxy groups -OCH3 is 1. The highest BCUT2D eigenvalue weighted by Gasteiger charge is 2.47. The molecule has 13 heavy (non-hydrogen) atoms. The molecule has 0 aromatic carbocycles. The first-order valence-electron chi connectivity index (χ1n) is 4.71. The quantitative estimate of drug-likeness (QED) is 0.500. The molecule has 1 fully saturated rings. The molecule has 72 valence electrons. The Morgan fingerprint density at radius 3 is 2.77 bits per heavy atom. The van der Waals surface area contributed by atoms with Gasteiger partial charge < -0.3 is 10.1 Å². The third-order valence-corrected chi connectivity index (χ3v) is 3.27. The van der Waals surface area contributed by atoms with Crippen LogP contribution in [0.25, 0.3) is 0 Å². The Morgan fingerprint density at radius 2 is 2.15 bits per heavy atom. The number of carbonyl (C=O) groups is 1. The third kappa shape index (κ3) is 1.18. The van der Waals surface area contributed by atoms with Crippen LogP contribution in [0.1, 0.15) is 6.42 Å². The third-order valence-electron chi connectivity index (χ3n) is 3.27. The monoisotopic (exact) mass is 181 g/mol. The van der Waals surface area contributed by atoms with E-state index in [1.165, 1.54) is 7.11 Å². The molecule has 0 radical (unpaired) electrons. The summed E-state index contributed by atoms with van der Waals surface area (Å²) in [7, 11) is 3.37. The van der Waals surface area contributed by atoms with Gasteiger partial charge in [0.2, 0.25) is 0 Å². The molecule has 0 aromatic heterocycles. The maximum atomic E-state index is 11.5. The molecule has 2 aliphatic rings. The van der Waals surface area contributed by atoms with Gasteiger partial charge in [0, 0.05) is 6.04 Å². The van der Waals surface area contributed by atoms with Gasteiger partial charge in [0.15, 0.2) is 0 Å². The first kappa shape index (κ1) is 8.75. The van der Waals surface area contributed by atoms with Gasteiger partial charge in [-0.15, -0.1) is 0 Å². The smallest absolute Gasteiger partial charge is 0.310 e. The number of carbonyl (C=O) groups excluding carboxylic acids is 1. The minimum Gasteiger partial charge on any atom is -0.469 e. The highest BCUT2D eigenvalue weighted by molar-refractivity contribution is 5.75. The topological polar surface area (TPSA) is 38.3 Å². The molecule has 2 rings (SSSR count). The summed E-state index contributed by atoms with van der Waals surface area (Å²) < 4.78 is 4.81. The van der Waals surface area contributed by atoms with Crippen molar-refractivity contribution in [1.29, 1.82) is 0 Å². The van der Waals surface area contributed by atoms with E-state index in [-0.39, 0.29) is 17.9 Å². The molecular formula is C10H15NO2. The molecule has 4 atom stereocenters. The maximum absolute atomic E-state index is 11.5. The van der Waals surface area contributed by atoms with Crippen LogP contribution in [0.4, 0.5) is 0 Å². The van der Waals surface area contributed by atoms with Gasteiger partial charge in [-0.25, -0.2) is 0 Å². The van der Waals surface area contributed by atoms with E-state index in [0.29, 0.717) is 11.8 Å². The number of hydrogen-bond donors (Lipinski definition) is 1. The van der Waals surface area contributed by atoms with Gasteiger partial charge in [-0.1, -0.05) is 12.2 Å². The van der Waals surface area contributed by atoms with Crippen LogP contribution in [0, 0.1) is 17.8 Å². The number of hydrogen-bond acceptors (Lipinski definition) is 3. The second-order valence-electron chi connectivity index (χ2n) is 3.81. The van der Waals surface area contributed by atoms with Crippen molar-refractivity contribution in [3.05, 3.63) is 12.2 Å². The fourth-order valence-corrected chi connectivity index (χ4v) is 2.67. The lowest BCUT2D eigenvalue weighted by Gasteiger charge is -2.25. The van der Waals surface area contributed by atoms with Crippen molar-refractivity contribution < 1.29 is 9.53 Å². The van der Waals surface area contributed by atoms with Gasteiger partial charge in [0.05, 0.1) is 13.0 Å². The predicted octanol–water partition coefficient (Wildman–Crippen LogP) is 0.569. The number of ether oxygens (including phenoxy) is 1. The first-order chi connectivity index (χ1) is 6.27. The molecular weight excluding hydrogens is 166 g/mol. The molecule has 0 saturated heterocycles. The lowest BCUT2D eigenvalue weighted by Crippen LogP contribution is -2.41. The van der Waals surface area contributed by atoms with E-state index < -0.39 is 0 Å². The fourth-order valence-electron chi connectivity index (χ4n) is 2.67. The summed E-state index contributed by atoms with van der Waals surface area (Å²) in [4.78, 5) is 11.5. The molecule has 0 aromatic rings. The molecule has 1 saturated carbocycles. The van der Waals surface area contributed by atoms with Crippen molar-refractivity contribution in [1.82, 2.24) is 5.32 Å². The Labute approximate surface area is 78.1 Å². The molecule has 0 amide bonds. The van der Waals surface area contributed by atoms with E-state index >= 15 is 0 Å². The van der Waals surface area contributed by atoms with Crippen LogP contribution in [0.5, 0.6) is 0 Å². The van der Waals surface area contributed by atoms with Crippen LogP contribution in [-0.2, 0) is 9.53 Å². The lowest BCUT2D eigenvalue weighted by molar-refractivity contribution is -0.147. The van der Waals surface area contributed by atoms with Crippen LogP contribution in [-0.4, -0.2) is 26.2 Å². The molecule has 3 nitrogen and oxygen atoms in total. The zero-order valence-corrected chi connectivity index (χ0v) is 7.99. The maximum Gasteiger partial charge on any atom is 0.310 e. The van der Waals surface area contributed by atoms with Gasteiger partial charge in [-0.3, -0.25) is 4.79 Å². The van der Waals surface area contributed by atoms with Gasteiger partial charge in [-0.2, -0.15) is 0 Å². The zero-order valence-electron chi connectivity index (χ0n) is 7.99. The van der Waals surface area contributed by atoms with Crippen molar-refractivity contribution in [3.63, 3.8) is 0 Å². The Hall–Kier alpha value is -0.830. The number of esters is 1. The summed E-state index contributed by atoms with van der Waals surface area (Å²) >= 11 is 0. The van der Waals surface area contributed by atoms with Gasteiger partial charge in [-0.05, 0) is 25.3 Å². The highest BCUT2D eigenvalue weighted by Crippen LogP contribution is 2.43. The first-order valence-corrected chi connectivity index (χ1v) is 4.71. The second kappa shape index (κ2) is 3.14. The van der Waals surface area contributed by atoms with Crippen molar-refractivity contribution >= 4 is 5.97 Å². The van der Waals surface area contributed by atoms with Crippen LogP contribution in [0.3, 0.4) is 0 Å². The lowest BCUT2D eigenvalue weighted by atomic mass is 9.89. The van der Waals surface area contributed by atoms with Crippen molar-refractivity contribution in [3.8, 4) is 0 Å². The molecule has 2 aliphatic carbocycles. The summed E-state index contributed by atoms with van der Waals surface area (Å²) in [6.45, 7) is 0. The van der Waals surface area contributed by atoms with Gasteiger partial charge in [0.25, 0.3) is 0 Å². The Kier molecular flexibility index (Phi) is 2.12. The molecule has 2 bridgehead atoms. The molecule has 1 N–H and O–H groups in total. The van der Waals surface area contributed by atoms with Gasteiger partial charge >= 0.3 is 5.97 Å². The summed E-state index contributed by atoms with van der Waals surface area (Å²) in [6.07, 6.45) is 5.47. The summed E-state index contributed by atoms with van der Waals surface area (Å²) in [5, 5.41) is 3.21. The van der Waals surface area contributed by atoms with E-state index in [1.807, 2.05) is 7.05 Å². The van der Waals surface area contributed by atoms with E-state index in [9.17, 15) is 4.79 Å². The van der Waals surface area contributed by atoms with E-state index in [1.54, 1.807) is 0 Å². The number of nitrogens with one attached hydrogen (secondary N) is 1. The molecule has 0 spiro atoms. The fraction of sp³-hybridized carbons (Fsp3) is 0.700. The van der Waals surface area contributed by atoms with Crippen molar-refractivity contribution in [2.75, 3.05) is 14.2 Å². The number of fused-ring (bicyclic) bond motifs is 2. The van der Waals surface area contributed by atoms with E-state index in [2.05, 4.69) is 17.5 Å². The van der Waals surface area contributed by atoms with E-state index in [4.69, 9.17) is 4.74 Å². The number of allylic oxidation sites excluding steroid dienone is 1. The minimum absolute atomic E-state index is 0.0324. The number of rotatable bonds is 2. The normalized spacial score (nSPS) is 41.1. The molecule has 0 heterocycles. The molecule has 0 aliphatic heterocycles. The predicted molar refractivity (Wildman–Crippen MR) is 49.1 cm³/mol. The van der Waals surface area contributed by atoms with Crippen LogP contribution in [0.2, 0.25) is 0 Å². The Balaban J connectivity index is 2.18. The van der Waals surface area contributed by atoms with Crippen LogP contribution < -0.4 is 5.32 Å². The zero-order chi connectivity index (χ0) is 9.42. The average Bonchev–Trinajstić information content (AvgIpc) is 2.74. The average molecular weight is 181 g/mol. The SMILES string of the molecule is CN[C@@H]1[C@H](C(=O)OC)C2C=C[C@H]1C2. The molecule has 1 unspecified atom stereocenters. The van der Waals surface area contributed by atoms with E-state index in [0.717, 1.165) is 6.42 Å².